The van der Waals surface area contributed by atoms with E-state index in [9.17, 15) is 4.79 Å². The number of aryl methyl sites for hydroxylation is 1. The number of H-pyrrole nitrogens is 1. The van der Waals surface area contributed by atoms with Gasteiger partial charge in [-0.25, -0.2) is 4.98 Å². The first-order chi connectivity index (χ1) is 9.24. The van der Waals surface area contributed by atoms with Gasteiger partial charge < -0.3 is 9.88 Å². The molecule has 6 nitrogen and oxygen atoms in total. The first-order valence-corrected chi connectivity index (χ1v) is 6.51. The van der Waals surface area contributed by atoms with Crippen LogP contribution in [0.2, 0.25) is 0 Å². The van der Waals surface area contributed by atoms with Gasteiger partial charge in [0, 0.05) is 44.6 Å². The summed E-state index contributed by atoms with van der Waals surface area (Å²) in [4.78, 5) is 21.7. The number of nitrogens with one attached hydrogen (secondary N) is 1. The van der Waals surface area contributed by atoms with Gasteiger partial charge in [-0.3, -0.25) is 9.48 Å². The van der Waals surface area contributed by atoms with E-state index < -0.39 is 0 Å². The molecule has 1 saturated heterocycles. The molecule has 0 aromatic carbocycles. The fourth-order valence-electron chi connectivity index (χ4n) is 2.60. The highest BCUT2D eigenvalue weighted by Gasteiger charge is 2.27. The van der Waals surface area contributed by atoms with Crippen LogP contribution in [0.3, 0.4) is 0 Å². The smallest absolute Gasteiger partial charge is 0.257 e. The van der Waals surface area contributed by atoms with Crippen LogP contribution in [-0.2, 0) is 7.05 Å². The second kappa shape index (κ2) is 4.87. The fourth-order valence-corrected chi connectivity index (χ4v) is 2.60. The van der Waals surface area contributed by atoms with Crippen LogP contribution in [-0.4, -0.2) is 43.6 Å². The van der Waals surface area contributed by atoms with Crippen molar-refractivity contribution in [3.05, 3.63) is 36.2 Å². The SMILES string of the molecule is Cn1cc(C(=O)N2CCC[C@@H](c3ncc[nH]3)C2)cn1. The van der Waals surface area contributed by atoms with Crippen LogP contribution in [0.25, 0.3) is 0 Å². The molecule has 100 valence electrons. The highest BCUT2D eigenvalue weighted by Crippen LogP contribution is 2.25. The zero-order valence-corrected chi connectivity index (χ0v) is 10.9. The fraction of sp³-hybridized carbons (Fsp3) is 0.462. The third kappa shape index (κ3) is 2.38. The number of likely N-dealkylation sites (tertiary alicyclic amines) is 1. The number of aromatic nitrogens is 4. The van der Waals surface area contributed by atoms with Crippen LogP contribution in [0.1, 0.15) is 34.9 Å². The molecule has 6 heteroatoms. The standard InChI is InChI=1S/C13H17N5O/c1-17-8-11(7-16-17)13(19)18-6-2-3-10(9-18)12-14-4-5-15-12/h4-5,7-8,10H,2-3,6,9H2,1H3,(H,14,15)/t10-/m1/s1. The lowest BCUT2D eigenvalue weighted by Gasteiger charge is -2.31. The average molecular weight is 259 g/mol. The number of carbonyl (C=O) groups excluding carboxylic acids is 1. The molecule has 0 bridgehead atoms. The lowest BCUT2D eigenvalue weighted by atomic mass is 9.97. The lowest BCUT2D eigenvalue weighted by Crippen LogP contribution is -2.39. The molecule has 1 fully saturated rings. The van der Waals surface area contributed by atoms with Gasteiger partial charge in [0.25, 0.3) is 5.91 Å². The topological polar surface area (TPSA) is 66.8 Å². The van der Waals surface area contributed by atoms with Crippen molar-refractivity contribution in [2.24, 2.45) is 7.05 Å². The second-order valence-corrected chi connectivity index (χ2v) is 4.97. The average Bonchev–Trinajstić information content (AvgIpc) is 3.09. The predicted octanol–water partition coefficient (Wildman–Crippen LogP) is 1.16. The molecular weight excluding hydrogens is 242 g/mol. The summed E-state index contributed by atoms with van der Waals surface area (Å²) >= 11 is 0. The van der Waals surface area contributed by atoms with E-state index in [1.54, 1.807) is 23.3 Å². The summed E-state index contributed by atoms with van der Waals surface area (Å²) in [6.45, 7) is 1.53. The number of rotatable bonds is 2. The van der Waals surface area contributed by atoms with E-state index in [2.05, 4.69) is 15.1 Å². The van der Waals surface area contributed by atoms with Gasteiger partial charge in [-0.2, -0.15) is 5.10 Å². The molecule has 1 aliphatic rings. The van der Waals surface area contributed by atoms with Crippen LogP contribution in [0.15, 0.2) is 24.8 Å². The van der Waals surface area contributed by atoms with E-state index in [1.807, 2.05) is 18.1 Å². The summed E-state index contributed by atoms with van der Waals surface area (Å²) < 4.78 is 1.65. The molecule has 0 unspecified atom stereocenters. The molecule has 0 spiro atoms. The Hall–Kier alpha value is -2.11. The Balaban J connectivity index is 1.73. The van der Waals surface area contributed by atoms with Crippen molar-refractivity contribution in [2.75, 3.05) is 13.1 Å². The monoisotopic (exact) mass is 259 g/mol. The Morgan fingerprint density at radius 2 is 2.42 bits per heavy atom. The molecule has 1 aliphatic heterocycles. The minimum atomic E-state index is 0.0596. The number of piperidine rings is 1. The highest BCUT2D eigenvalue weighted by molar-refractivity contribution is 5.93. The molecule has 0 radical (unpaired) electrons. The maximum absolute atomic E-state index is 12.4. The van der Waals surface area contributed by atoms with Gasteiger partial charge in [0.05, 0.1) is 11.8 Å². The van der Waals surface area contributed by atoms with Crippen LogP contribution in [0, 0.1) is 0 Å². The molecule has 3 heterocycles. The van der Waals surface area contributed by atoms with Gasteiger partial charge in [-0.15, -0.1) is 0 Å². The molecule has 2 aromatic rings. The number of amides is 1. The molecule has 2 aromatic heterocycles. The number of hydrogen-bond acceptors (Lipinski definition) is 3. The normalized spacial score (nSPS) is 19.6. The first-order valence-electron chi connectivity index (χ1n) is 6.51. The third-order valence-electron chi connectivity index (χ3n) is 3.57. The van der Waals surface area contributed by atoms with E-state index in [1.165, 1.54) is 0 Å². The summed E-state index contributed by atoms with van der Waals surface area (Å²) in [5, 5.41) is 4.05. The lowest BCUT2D eigenvalue weighted by molar-refractivity contribution is 0.0704. The number of nitrogens with zero attached hydrogens (tertiary/aromatic N) is 4. The molecule has 1 N–H and O–H groups in total. The zero-order valence-electron chi connectivity index (χ0n) is 10.9. The summed E-state index contributed by atoms with van der Waals surface area (Å²) in [5.41, 5.74) is 0.655. The number of imidazole rings is 1. The van der Waals surface area contributed by atoms with Crippen LogP contribution in [0.5, 0.6) is 0 Å². The minimum absolute atomic E-state index is 0.0596. The van der Waals surface area contributed by atoms with Gasteiger partial charge in [-0.05, 0) is 12.8 Å². The number of hydrogen-bond donors (Lipinski definition) is 1. The quantitative estimate of drug-likeness (QED) is 0.880. The summed E-state index contributed by atoms with van der Waals surface area (Å²) in [6.07, 6.45) is 9.06. The maximum Gasteiger partial charge on any atom is 0.257 e. The molecular formula is C13H17N5O. The van der Waals surface area contributed by atoms with Crippen molar-refractivity contribution in [1.82, 2.24) is 24.6 Å². The Morgan fingerprint density at radius 1 is 1.53 bits per heavy atom. The van der Waals surface area contributed by atoms with E-state index in [0.717, 1.165) is 31.8 Å². The van der Waals surface area contributed by atoms with Crippen molar-refractivity contribution in [3.63, 3.8) is 0 Å². The summed E-state index contributed by atoms with van der Waals surface area (Å²) in [7, 11) is 1.82. The molecule has 19 heavy (non-hydrogen) atoms. The van der Waals surface area contributed by atoms with E-state index in [4.69, 9.17) is 0 Å². The van der Waals surface area contributed by atoms with E-state index in [0.29, 0.717) is 11.5 Å². The van der Waals surface area contributed by atoms with E-state index in [-0.39, 0.29) is 5.91 Å². The Labute approximate surface area is 111 Å². The van der Waals surface area contributed by atoms with Gasteiger partial charge in [0.1, 0.15) is 5.82 Å². The number of aromatic amines is 1. The number of carbonyl (C=O) groups is 1. The maximum atomic E-state index is 12.4. The van der Waals surface area contributed by atoms with Gasteiger partial charge in [0.15, 0.2) is 0 Å². The predicted molar refractivity (Wildman–Crippen MR) is 69.7 cm³/mol. The Morgan fingerprint density at radius 3 is 3.11 bits per heavy atom. The summed E-state index contributed by atoms with van der Waals surface area (Å²) in [6, 6.07) is 0. The molecule has 0 saturated carbocycles. The van der Waals surface area contributed by atoms with E-state index >= 15 is 0 Å². The molecule has 1 atom stereocenters. The van der Waals surface area contributed by atoms with Crippen molar-refractivity contribution in [2.45, 2.75) is 18.8 Å². The summed E-state index contributed by atoms with van der Waals surface area (Å²) in [5.74, 6) is 1.34. The largest absolute Gasteiger partial charge is 0.348 e. The molecule has 1 amide bonds. The van der Waals surface area contributed by atoms with Crippen molar-refractivity contribution in [3.8, 4) is 0 Å². The van der Waals surface area contributed by atoms with Crippen LogP contribution < -0.4 is 0 Å². The zero-order chi connectivity index (χ0) is 13.2. The van der Waals surface area contributed by atoms with Crippen LogP contribution >= 0.6 is 0 Å². The Bertz CT molecular complexity index is 559. The van der Waals surface area contributed by atoms with Crippen molar-refractivity contribution < 1.29 is 4.79 Å². The Kier molecular flexibility index (Phi) is 3.06. The highest BCUT2D eigenvalue weighted by atomic mass is 16.2. The third-order valence-corrected chi connectivity index (χ3v) is 3.57. The molecule has 3 rings (SSSR count). The minimum Gasteiger partial charge on any atom is -0.348 e. The molecule has 0 aliphatic carbocycles. The first kappa shape index (κ1) is 12.0. The van der Waals surface area contributed by atoms with Crippen molar-refractivity contribution >= 4 is 5.91 Å². The van der Waals surface area contributed by atoms with Gasteiger partial charge in [-0.1, -0.05) is 0 Å². The van der Waals surface area contributed by atoms with Gasteiger partial charge in [0.2, 0.25) is 0 Å². The van der Waals surface area contributed by atoms with Crippen LogP contribution in [0.4, 0.5) is 0 Å². The van der Waals surface area contributed by atoms with Gasteiger partial charge >= 0.3 is 0 Å². The van der Waals surface area contributed by atoms with Crippen molar-refractivity contribution in [1.29, 1.82) is 0 Å². The second-order valence-electron chi connectivity index (χ2n) is 4.97.